The molecule has 7 nitrogen and oxygen atoms in total. The number of carbonyl (C=O) groups excluding carboxylic acids is 1. The van der Waals surface area contributed by atoms with Gasteiger partial charge >= 0.3 is 0 Å². The lowest BCUT2D eigenvalue weighted by Crippen LogP contribution is -2.47. The molecule has 1 amide bonds. The Morgan fingerprint density at radius 3 is 2.58 bits per heavy atom. The maximum Gasteiger partial charge on any atom is 0.286 e. The Hall–Kier alpha value is -3.36. The quantitative estimate of drug-likeness (QED) is 0.440. The van der Waals surface area contributed by atoms with Crippen LogP contribution in [-0.2, 0) is 9.53 Å². The lowest BCUT2D eigenvalue weighted by molar-refractivity contribution is -0.113. The predicted molar refractivity (Wildman–Crippen MR) is 144 cm³/mol. The minimum atomic E-state index is -0.219. The van der Waals surface area contributed by atoms with Crippen molar-refractivity contribution in [1.29, 1.82) is 0 Å². The molecule has 36 heavy (non-hydrogen) atoms. The Kier molecular flexibility index (Phi) is 6.98. The van der Waals surface area contributed by atoms with Gasteiger partial charge in [0.1, 0.15) is 11.4 Å². The van der Waals surface area contributed by atoms with Gasteiger partial charge in [-0.1, -0.05) is 18.2 Å². The average Bonchev–Trinajstić information content (AvgIpc) is 3.43. The summed E-state index contributed by atoms with van der Waals surface area (Å²) < 4.78 is 13.4. The summed E-state index contributed by atoms with van der Waals surface area (Å²) in [6, 6.07) is 16.0. The van der Waals surface area contributed by atoms with Gasteiger partial charge in [0.15, 0.2) is 5.17 Å². The van der Waals surface area contributed by atoms with E-state index in [0.29, 0.717) is 11.5 Å². The molecule has 0 saturated carbocycles. The zero-order valence-corrected chi connectivity index (χ0v) is 21.8. The number of benzene rings is 2. The van der Waals surface area contributed by atoms with Crippen molar-refractivity contribution in [3.8, 4) is 22.7 Å². The second-order valence-corrected chi connectivity index (χ2v) is 10.1. The number of nitrogens with zero attached hydrogens (tertiary/aromatic N) is 4. The van der Waals surface area contributed by atoms with Gasteiger partial charge in [0.25, 0.3) is 5.91 Å². The lowest BCUT2D eigenvalue weighted by Gasteiger charge is -2.35. The largest absolute Gasteiger partial charge is 0.494 e. The standard InChI is InChI=1S/C28H30N4O3S/c1-5-34-23-11-12-24(18(2)13-23)26-21(17-32(30-26)22-9-7-6-8-10-22)14-25-27(33)29-28(36-25)31-15-19(3)35-20(4)16-31/h6-14,17,19-20H,5,15-16H2,1-4H3/b25-14-/t19-,20+. The third kappa shape index (κ3) is 5.10. The highest BCUT2D eigenvalue weighted by Gasteiger charge is 2.31. The van der Waals surface area contributed by atoms with Gasteiger partial charge in [-0.25, -0.2) is 4.68 Å². The Morgan fingerprint density at radius 2 is 1.89 bits per heavy atom. The van der Waals surface area contributed by atoms with E-state index in [1.54, 1.807) is 0 Å². The van der Waals surface area contributed by atoms with Gasteiger partial charge in [-0.2, -0.15) is 10.1 Å². The van der Waals surface area contributed by atoms with Crippen molar-refractivity contribution in [2.24, 2.45) is 4.99 Å². The summed E-state index contributed by atoms with van der Waals surface area (Å²) in [5.74, 6) is 0.610. The SMILES string of the molecule is CCOc1ccc(-c2nn(-c3ccccc3)cc2/C=C2\SC(N3C[C@@H](C)O[C@@H](C)C3)=NC2=O)c(C)c1. The van der Waals surface area contributed by atoms with E-state index in [2.05, 4.69) is 9.89 Å². The lowest BCUT2D eigenvalue weighted by atomic mass is 10.0. The van der Waals surface area contributed by atoms with Crippen LogP contribution in [0.4, 0.5) is 0 Å². The minimum Gasteiger partial charge on any atom is -0.494 e. The van der Waals surface area contributed by atoms with E-state index < -0.39 is 0 Å². The van der Waals surface area contributed by atoms with E-state index in [0.717, 1.165) is 52.1 Å². The number of thioether (sulfide) groups is 1. The predicted octanol–water partition coefficient (Wildman–Crippen LogP) is 5.33. The maximum atomic E-state index is 12.9. The van der Waals surface area contributed by atoms with Crippen molar-refractivity contribution < 1.29 is 14.3 Å². The van der Waals surface area contributed by atoms with Crippen LogP contribution < -0.4 is 4.74 Å². The van der Waals surface area contributed by atoms with Crippen LogP contribution in [0.2, 0.25) is 0 Å². The fourth-order valence-corrected chi connectivity index (χ4v) is 5.50. The second-order valence-electron chi connectivity index (χ2n) is 9.10. The molecule has 0 bridgehead atoms. The van der Waals surface area contributed by atoms with E-state index in [1.165, 1.54) is 11.8 Å². The second kappa shape index (κ2) is 10.3. The number of aliphatic imine (C=N–C) groups is 1. The molecule has 8 heteroatoms. The van der Waals surface area contributed by atoms with Crippen LogP contribution in [0.1, 0.15) is 31.9 Å². The summed E-state index contributed by atoms with van der Waals surface area (Å²) in [6.07, 6.45) is 4.07. The summed E-state index contributed by atoms with van der Waals surface area (Å²) in [7, 11) is 0. The van der Waals surface area contributed by atoms with Crippen molar-refractivity contribution in [2.75, 3.05) is 19.7 Å². The molecule has 2 aromatic carbocycles. The molecule has 3 aromatic rings. The molecule has 0 unspecified atom stereocenters. The third-order valence-corrected chi connectivity index (χ3v) is 7.16. The van der Waals surface area contributed by atoms with Crippen LogP contribution in [0.25, 0.3) is 23.0 Å². The third-order valence-electron chi connectivity index (χ3n) is 6.11. The van der Waals surface area contributed by atoms with Gasteiger partial charge < -0.3 is 14.4 Å². The van der Waals surface area contributed by atoms with Crippen molar-refractivity contribution in [3.63, 3.8) is 0 Å². The number of ether oxygens (including phenoxy) is 2. The Bertz CT molecular complexity index is 1320. The fraction of sp³-hybridized carbons (Fsp3) is 0.321. The van der Waals surface area contributed by atoms with Crippen LogP contribution in [0, 0.1) is 6.92 Å². The van der Waals surface area contributed by atoms with E-state index in [4.69, 9.17) is 14.6 Å². The van der Waals surface area contributed by atoms with Gasteiger partial charge in [-0.05, 0) is 81.4 Å². The molecule has 0 spiro atoms. The number of amidine groups is 1. The molecule has 3 heterocycles. The molecule has 2 aliphatic rings. The van der Waals surface area contributed by atoms with E-state index in [1.807, 2.05) is 93.2 Å². The first-order valence-electron chi connectivity index (χ1n) is 12.2. The van der Waals surface area contributed by atoms with Crippen molar-refractivity contribution in [1.82, 2.24) is 14.7 Å². The average molecular weight is 503 g/mol. The fourth-order valence-electron chi connectivity index (χ4n) is 4.58. The number of para-hydroxylation sites is 1. The number of aryl methyl sites for hydroxylation is 1. The van der Waals surface area contributed by atoms with Gasteiger partial charge in [0.2, 0.25) is 0 Å². The number of morpholine rings is 1. The molecule has 0 aliphatic carbocycles. The number of hydrogen-bond acceptors (Lipinski definition) is 6. The van der Waals surface area contributed by atoms with Crippen LogP contribution >= 0.6 is 11.8 Å². The molecule has 1 aromatic heterocycles. The normalized spacial score (nSPS) is 21.2. The van der Waals surface area contributed by atoms with Crippen molar-refractivity contribution >= 4 is 28.9 Å². The number of hydrogen-bond donors (Lipinski definition) is 0. The number of carbonyl (C=O) groups is 1. The molecule has 1 fully saturated rings. The molecule has 2 atom stereocenters. The molecular formula is C28H30N4O3S. The Balaban J connectivity index is 1.51. The summed E-state index contributed by atoms with van der Waals surface area (Å²) >= 11 is 1.42. The molecule has 186 valence electrons. The Morgan fingerprint density at radius 1 is 1.14 bits per heavy atom. The van der Waals surface area contributed by atoms with Gasteiger partial charge in [-0.3, -0.25) is 4.79 Å². The van der Waals surface area contributed by atoms with E-state index in [9.17, 15) is 4.79 Å². The summed E-state index contributed by atoms with van der Waals surface area (Å²) in [4.78, 5) is 20.0. The first-order valence-corrected chi connectivity index (χ1v) is 13.0. The van der Waals surface area contributed by atoms with Crippen LogP contribution in [-0.4, -0.2) is 57.7 Å². The number of aromatic nitrogens is 2. The molecule has 0 N–H and O–H groups in total. The highest BCUT2D eigenvalue weighted by Crippen LogP contribution is 2.35. The molecule has 0 radical (unpaired) electrons. The van der Waals surface area contributed by atoms with Crippen molar-refractivity contribution in [2.45, 2.75) is 39.9 Å². The highest BCUT2D eigenvalue weighted by molar-refractivity contribution is 8.18. The first kappa shape index (κ1) is 24.3. The smallest absolute Gasteiger partial charge is 0.286 e. The monoisotopic (exact) mass is 502 g/mol. The van der Waals surface area contributed by atoms with Crippen molar-refractivity contribution in [3.05, 3.63) is 70.8 Å². The van der Waals surface area contributed by atoms with Crippen LogP contribution in [0.5, 0.6) is 5.75 Å². The first-order chi connectivity index (χ1) is 17.4. The molecule has 5 rings (SSSR count). The van der Waals surface area contributed by atoms with Gasteiger partial charge in [-0.15, -0.1) is 0 Å². The van der Waals surface area contributed by atoms with Gasteiger partial charge in [0, 0.05) is 30.4 Å². The maximum absolute atomic E-state index is 12.9. The topological polar surface area (TPSA) is 68.9 Å². The summed E-state index contributed by atoms with van der Waals surface area (Å²) in [5.41, 5.74) is 4.67. The zero-order chi connectivity index (χ0) is 25.2. The zero-order valence-electron chi connectivity index (χ0n) is 21.0. The van der Waals surface area contributed by atoms with Crippen LogP contribution in [0.3, 0.4) is 0 Å². The molecular weight excluding hydrogens is 472 g/mol. The van der Waals surface area contributed by atoms with E-state index >= 15 is 0 Å². The Labute approximate surface area is 215 Å². The summed E-state index contributed by atoms with van der Waals surface area (Å²) in [5, 5.41) is 5.67. The number of amides is 1. The summed E-state index contributed by atoms with van der Waals surface area (Å²) in [6.45, 7) is 10.2. The highest BCUT2D eigenvalue weighted by atomic mass is 32.2. The van der Waals surface area contributed by atoms with Gasteiger partial charge in [0.05, 0.1) is 29.4 Å². The molecule has 2 aliphatic heterocycles. The van der Waals surface area contributed by atoms with E-state index in [-0.39, 0.29) is 18.1 Å². The number of rotatable bonds is 5. The van der Waals surface area contributed by atoms with Crippen LogP contribution in [0.15, 0.2) is 64.6 Å². The molecule has 1 saturated heterocycles. The minimum absolute atomic E-state index is 0.0959.